The van der Waals surface area contributed by atoms with Crippen LogP contribution in [0.2, 0.25) is 5.02 Å². The first kappa shape index (κ1) is 15.3. The van der Waals surface area contributed by atoms with Crippen LogP contribution in [0, 0.1) is 5.92 Å². The molecule has 0 spiro atoms. The molecule has 1 aromatic rings. The maximum Gasteiger partial charge on any atom is 0.317 e. The van der Waals surface area contributed by atoms with Gasteiger partial charge >= 0.3 is 6.03 Å². The van der Waals surface area contributed by atoms with E-state index >= 15 is 0 Å². The molecule has 1 saturated carbocycles. The average Bonchev–Trinajstić information content (AvgIpc) is 3.39. The Morgan fingerprint density at radius 1 is 1.26 bits per heavy atom. The third-order valence-corrected chi connectivity index (χ3v) is 5.49. The predicted molar refractivity (Wildman–Crippen MR) is 89.6 cm³/mol. The maximum absolute atomic E-state index is 12.6. The molecule has 1 aromatic carbocycles. The molecule has 1 aliphatic carbocycles. The van der Waals surface area contributed by atoms with Crippen LogP contribution in [0.1, 0.15) is 36.8 Å². The van der Waals surface area contributed by atoms with Crippen LogP contribution in [0.25, 0.3) is 0 Å². The minimum absolute atomic E-state index is 0.0621. The van der Waals surface area contributed by atoms with Crippen molar-refractivity contribution in [2.45, 2.75) is 50.8 Å². The molecule has 3 aliphatic rings. The maximum atomic E-state index is 12.6. The summed E-state index contributed by atoms with van der Waals surface area (Å²) in [6, 6.07) is 6.28. The lowest BCUT2D eigenvalue weighted by molar-refractivity contribution is -0.00988. The molecule has 0 bridgehead atoms. The molecule has 0 unspecified atom stereocenters. The van der Waals surface area contributed by atoms with E-state index in [9.17, 15) is 4.79 Å². The van der Waals surface area contributed by atoms with Crippen LogP contribution in [0.15, 0.2) is 18.2 Å². The molecule has 1 saturated heterocycles. The van der Waals surface area contributed by atoms with Crippen LogP contribution in [0.3, 0.4) is 0 Å². The van der Waals surface area contributed by atoms with Crippen molar-refractivity contribution in [1.29, 1.82) is 0 Å². The Morgan fingerprint density at radius 2 is 2.13 bits per heavy atom. The number of nitrogens with one attached hydrogen (secondary N) is 1. The van der Waals surface area contributed by atoms with Crippen LogP contribution in [-0.4, -0.2) is 36.2 Å². The number of amides is 2. The fraction of sp³-hybridized carbons (Fsp3) is 0.611. The normalized spacial score (nSPS) is 27.4. The number of hydrogen-bond acceptors (Lipinski definition) is 2. The second-order valence-electron chi connectivity index (χ2n) is 7.00. The van der Waals surface area contributed by atoms with Gasteiger partial charge in [-0.25, -0.2) is 4.79 Å². The van der Waals surface area contributed by atoms with E-state index in [1.54, 1.807) is 0 Å². The van der Waals surface area contributed by atoms with Gasteiger partial charge in [0.25, 0.3) is 0 Å². The fourth-order valence-electron chi connectivity index (χ4n) is 3.72. The van der Waals surface area contributed by atoms with Crippen molar-refractivity contribution in [2.24, 2.45) is 5.92 Å². The molecular weight excluding hydrogens is 312 g/mol. The van der Waals surface area contributed by atoms with E-state index in [0.29, 0.717) is 12.6 Å². The Balaban J connectivity index is 1.35. The van der Waals surface area contributed by atoms with Gasteiger partial charge in [0.15, 0.2) is 0 Å². The number of benzene rings is 1. The third kappa shape index (κ3) is 3.48. The number of urea groups is 1. The molecule has 124 valence electrons. The van der Waals surface area contributed by atoms with Gasteiger partial charge in [0.1, 0.15) is 0 Å². The number of fused-ring (bicyclic) bond motifs is 1. The second-order valence-corrected chi connectivity index (χ2v) is 7.44. The van der Waals surface area contributed by atoms with E-state index in [4.69, 9.17) is 16.3 Å². The third-order valence-electron chi connectivity index (χ3n) is 5.26. The van der Waals surface area contributed by atoms with Gasteiger partial charge in [-0.05, 0) is 61.3 Å². The summed E-state index contributed by atoms with van der Waals surface area (Å²) in [7, 11) is 0. The highest BCUT2D eigenvalue weighted by Crippen LogP contribution is 2.38. The first-order valence-electron chi connectivity index (χ1n) is 8.63. The Kier molecular flexibility index (Phi) is 4.20. The van der Waals surface area contributed by atoms with E-state index in [0.717, 1.165) is 43.4 Å². The molecule has 2 atom stereocenters. The monoisotopic (exact) mass is 334 g/mol. The van der Waals surface area contributed by atoms with Crippen LogP contribution >= 0.6 is 11.6 Å². The van der Waals surface area contributed by atoms with E-state index < -0.39 is 0 Å². The zero-order chi connectivity index (χ0) is 15.8. The minimum atomic E-state index is 0.0621. The molecule has 4 rings (SSSR count). The van der Waals surface area contributed by atoms with Gasteiger partial charge in [-0.2, -0.15) is 0 Å². The minimum Gasteiger partial charge on any atom is -0.378 e. The summed E-state index contributed by atoms with van der Waals surface area (Å²) in [6.07, 6.45) is 5.71. The van der Waals surface area contributed by atoms with Crippen molar-refractivity contribution >= 4 is 17.6 Å². The molecule has 1 N–H and O–H groups in total. The number of carbonyl (C=O) groups is 1. The Bertz CT molecular complexity index is 603. The quantitative estimate of drug-likeness (QED) is 0.901. The standard InChI is InChI=1S/C18H23ClN2O2/c19-15-4-3-14-11-21(7-5-13(14)9-15)18(22)20-16-6-8-23-17(10-16)12-1-2-12/h3-4,9,12,16-17H,1-2,5-8,10-11H2,(H,20,22)/t16-,17+/m1/s1. The Hall–Kier alpha value is -1.26. The van der Waals surface area contributed by atoms with Crippen molar-refractivity contribution in [3.05, 3.63) is 34.3 Å². The molecule has 2 fully saturated rings. The molecule has 2 aliphatic heterocycles. The largest absolute Gasteiger partial charge is 0.378 e. The van der Waals surface area contributed by atoms with E-state index in [1.165, 1.54) is 24.0 Å². The smallest absolute Gasteiger partial charge is 0.317 e. The first-order valence-corrected chi connectivity index (χ1v) is 9.01. The van der Waals surface area contributed by atoms with Crippen molar-refractivity contribution < 1.29 is 9.53 Å². The SMILES string of the molecule is O=C(N[C@@H]1CCO[C@H](C2CC2)C1)N1CCc2cc(Cl)ccc2C1. The van der Waals surface area contributed by atoms with E-state index in [1.807, 2.05) is 23.1 Å². The number of nitrogens with zero attached hydrogens (tertiary/aromatic N) is 1. The highest BCUT2D eigenvalue weighted by Gasteiger charge is 2.36. The summed E-state index contributed by atoms with van der Waals surface area (Å²) in [4.78, 5) is 14.5. The summed E-state index contributed by atoms with van der Waals surface area (Å²) >= 11 is 6.04. The van der Waals surface area contributed by atoms with E-state index in [-0.39, 0.29) is 12.1 Å². The van der Waals surface area contributed by atoms with Crippen molar-refractivity contribution in [3.63, 3.8) is 0 Å². The topological polar surface area (TPSA) is 41.6 Å². The summed E-state index contributed by atoms with van der Waals surface area (Å²) < 4.78 is 5.84. The molecule has 2 heterocycles. The van der Waals surface area contributed by atoms with Gasteiger partial charge in [0.05, 0.1) is 6.10 Å². The average molecular weight is 335 g/mol. The molecular formula is C18H23ClN2O2. The highest BCUT2D eigenvalue weighted by molar-refractivity contribution is 6.30. The van der Waals surface area contributed by atoms with Crippen molar-refractivity contribution in [1.82, 2.24) is 10.2 Å². The summed E-state index contributed by atoms with van der Waals surface area (Å²) in [6.45, 7) is 2.20. The van der Waals surface area contributed by atoms with Gasteiger partial charge in [-0.1, -0.05) is 17.7 Å². The zero-order valence-electron chi connectivity index (χ0n) is 13.3. The van der Waals surface area contributed by atoms with Crippen LogP contribution < -0.4 is 5.32 Å². The summed E-state index contributed by atoms with van der Waals surface area (Å²) in [5, 5.41) is 4.00. The fourth-order valence-corrected chi connectivity index (χ4v) is 3.91. The van der Waals surface area contributed by atoms with Crippen LogP contribution in [0.5, 0.6) is 0 Å². The zero-order valence-corrected chi connectivity index (χ0v) is 14.0. The molecule has 23 heavy (non-hydrogen) atoms. The van der Waals surface area contributed by atoms with Gasteiger partial charge in [0.2, 0.25) is 0 Å². The summed E-state index contributed by atoms with van der Waals surface area (Å²) in [5.74, 6) is 0.737. The van der Waals surface area contributed by atoms with Gasteiger partial charge in [-0.15, -0.1) is 0 Å². The summed E-state index contributed by atoms with van der Waals surface area (Å²) in [5.41, 5.74) is 2.47. The first-order chi connectivity index (χ1) is 11.2. The number of halogens is 1. The lowest BCUT2D eigenvalue weighted by Gasteiger charge is -2.34. The van der Waals surface area contributed by atoms with Gasteiger partial charge < -0.3 is 15.0 Å². The highest BCUT2D eigenvalue weighted by atomic mass is 35.5. The van der Waals surface area contributed by atoms with Crippen molar-refractivity contribution in [3.8, 4) is 0 Å². The van der Waals surface area contributed by atoms with E-state index in [2.05, 4.69) is 5.32 Å². The number of ether oxygens (including phenoxy) is 1. The molecule has 0 radical (unpaired) electrons. The lowest BCUT2D eigenvalue weighted by Crippen LogP contribution is -2.49. The van der Waals surface area contributed by atoms with Crippen LogP contribution in [-0.2, 0) is 17.7 Å². The Morgan fingerprint density at radius 3 is 2.96 bits per heavy atom. The number of carbonyl (C=O) groups excluding carboxylic acids is 1. The lowest BCUT2D eigenvalue weighted by atomic mass is 9.99. The van der Waals surface area contributed by atoms with Crippen LogP contribution in [0.4, 0.5) is 4.79 Å². The Labute approximate surface area is 142 Å². The second kappa shape index (κ2) is 6.33. The molecule has 0 aromatic heterocycles. The molecule has 4 nitrogen and oxygen atoms in total. The van der Waals surface area contributed by atoms with Crippen molar-refractivity contribution in [2.75, 3.05) is 13.2 Å². The van der Waals surface area contributed by atoms with Gasteiger partial charge in [-0.3, -0.25) is 0 Å². The predicted octanol–water partition coefficient (Wildman–Crippen LogP) is 3.37. The van der Waals surface area contributed by atoms with Gasteiger partial charge in [0, 0.05) is 30.8 Å². The molecule has 5 heteroatoms. The number of hydrogen-bond donors (Lipinski definition) is 1. The molecule has 2 amide bonds. The number of rotatable bonds is 2.